The fourth-order valence-corrected chi connectivity index (χ4v) is 2.81. The van der Waals surface area contributed by atoms with Gasteiger partial charge < -0.3 is 10.1 Å². The summed E-state index contributed by atoms with van der Waals surface area (Å²) >= 11 is 7.04. The summed E-state index contributed by atoms with van der Waals surface area (Å²) in [5.74, 6) is 0.219. The number of hydrogen-bond donors (Lipinski definition) is 1. The van der Waals surface area contributed by atoms with E-state index >= 15 is 0 Å². The Morgan fingerprint density at radius 3 is 2.89 bits per heavy atom. The molecule has 6 heteroatoms. The summed E-state index contributed by atoms with van der Waals surface area (Å²) in [5, 5.41) is 2.67. The first kappa shape index (κ1) is 12.2. The van der Waals surface area contributed by atoms with Gasteiger partial charge in [-0.2, -0.15) is 0 Å². The summed E-state index contributed by atoms with van der Waals surface area (Å²) in [6.07, 6.45) is 0. The summed E-state index contributed by atoms with van der Waals surface area (Å²) in [4.78, 5) is 24.0. The number of carbonyl (C=O) groups is 2. The van der Waals surface area contributed by atoms with Gasteiger partial charge in [0, 0.05) is 5.56 Å². The largest absolute Gasteiger partial charge is 0.482 e. The second-order valence-electron chi connectivity index (χ2n) is 3.98. The summed E-state index contributed by atoms with van der Waals surface area (Å²) in [6.45, 7) is 0.000819. The fraction of sp³-hybridized carbons (Fsp3) is 0.0769. The number of amides is 1. The van der Waals surface area contributed by atoms with Gasteiger partial charge in [0.2, 0.25) is 5.78 Å². The van der Waals surface area contributed by atoms with Crippen LogP contribution in [0.15, 0.2) is 30.3 Å². The van der Waals surface area contributed by atoms with E-state index in [4.69, 9.17) is 16.3 Å². The fourth-order valence-electron chi connectivity index (χ4n) is 1.80. The maximum absolute atomic E-state index is 12.2. The normalized spacial score (nSPS) is 13.4. The number of fused-ring (bicyclic) bond motifs is 1. The third-order valence-electron chi connectivity index (χ3n) is 2.67. The van der Waals surface area contributed by atoms with Crippen LogP contribution >= 0.6 is 22.9 Å². The van der Waals surface area contributed by atoms with Gasteiger partial charge in [-0.25, -0.2) is 0 Å². The van der Waals surface area contributed by atoms with Crippen molar-refractivity contribution in [1.29, 1.82) is 0 Å². The second kappa shape index (κ2) is 4.68. The highest BCUT2D eigenvalue weighted by atomic mass is 35.5. The molecule has 1 aromatic carbocycles. The van der Waals surface area contributed by atoms with Crippen LogP contribution in [0.5, 0.6) is 5.75 Å². The maximum Gasteiger partial charge on any atom is 0.262 e. The van der Waals surface area contributed by atoms with Crippen LogP contribution in [-0.4, -0.2) is 18.3 Å². The number of anilines is 1. The molecule has 0 spiro atoms. The number of halogens is 1. The van der Waals surface area contributed by atoms with E-state index in [1.807, 2.05) is 0 Å². The number of hydrogen-bond acceptors (Lipinski definition) is 4. The number of thiophene rings is 1. The molecule has 0 bridgehead atoms. The van der Waals surface area contributed by atoms with Crippen LogP contribution in [0.4, 0.5) is 5.69 Å². The summed E-state index contributed by atoms with van der Waals surface area (Å²) in [5.41, 5.74) is 1.01. The Bertz CT molecular complexity index is 680. The number of ether oxygens (including phenoxy) is 1. The number of ketones is 1. The molecule has 19 heavy (non-hydrogen) atoms. The standard InChI is InChI=1S/C13H8ClNO3S/c14-11-4-3-10(19-11)13(17)7-1-2-9-8(5-7)15-12(16)6-18-9/h1-5H,6H2,(H,15,16). The number of benzene rings is 1. The molecular formula is C13H8ClNO3S. The average Bonchev–Trinajstić information content (AvgIpc) is 2.83. The quantitative estimate of drug-likeness (QED) is 0.866. The van der Waals surface area contributed by atoms with Crippen molar-refractivity contribution in [2.24, 2.45) is 0 Å². The molecule has 2 heterocycles. The van der Waals surface area contributed by atoms with E-state index in [2.05, 4.69) is 5.32 Å². The lowest BCUT2D eigenvalue weighted by Crippen LogP contribution is -2.25. The van der Waals surface area contributed by atoms with Crippen molar-refractivity contribution in [2.75, 3.05) is 11.9 Å². The van der Waals surface area contributed by atoms with E-state index in [1.54, 1.807) is 30.3 Å². The number of nitrogens with one attached hydrogen (secondary N) is 1. The van der Waals surface area contributed by atoms with Gasteiger partial charge in [0.1, 0.15) is 5.75 Å². The molecule has 96 valence electrons. The third kappa shape index (κ3) is 2.34. The zero-order valence-corrected chi connectivity index (χ0v) is 11.2. The molecule has 1 aliphatic rings. The predicted molar refractivity (Wildman–Crippen MR) is 73.3 cm³/mol. The van der Waals surface area contributed by atoms with Gasteiger partial charge in [-0.3, -0.25) is 9.59 Å². The first-order valence-electron chi connectivity index (χ1n) is 5.50. The van der Waals surface area contributed by atoms with Crippen LogP contribution in [0.3, 0.4) is 0 Å². The van der Waals surface area contributed by atoms with Crippen molar-refractivity contribution in [3.05, 3.63) is 45.1 Å². The molecule has 0 saturated carbocycles. The molecule has 1 aliphatic heterocycles. The highest BCUT2D eigenvalue weighted by Crippen LogP contribution is 2.30. The smallest absolute Gasteiger partial charge is 0.262 e. The minimum absolute atomic E-state index is 0.000819. The maximum atomic E-state index is 12.2. The highest BCUT2D eigenvalue weighted by Gasteiger charge is 2.19. The van der Waals surface area contributed by atoms with Crippen molar-refractivity contribution in [1.82, 2.24) is 0 Å². The van der Waals surface area contributed by atoms with Gasteiger partial charge in [0.25, 0.3) is 5.91 Å². The van der Waals surface area contributed by atoms with E-state index in [0.717, 1.165) is 0 Å². The third-order valence-corrected chi connectivity index (χ3v) is 3.90. The summed E-state index contributed by atoms with van der Waals surface area (Å²) < 4.78 is 5.81. The van der Waals surface area contributed by atoms with Gasteiger partial charge in [0.15, 0.2) is 6.61 Å². The zero-order valence-electron chi connectivity index (χ0n) is 9.60. The van der Waals surface area contributed by atoms with Crippen molar-refractivity contribution in [2.45, 2.75) is 0 Å². The molecule has 0 unspecified atom stereocenters. The Kier molecular flexibility index (Phi) is 3.00. The first-order chi connectivity index (χ1) is 9.13. The van der Waals surface area contributed by atoms with Crippen LogP contribution < -0.4 is 10.1 Å². The van der Waals surface area contributed by atoms with E-state index in [1.165, 1.54) is 11.3 Å². The Labute approximate surface area is 118 Å². The van der Waals surface area contributed by atoms with Crippen LogP contribution in [0, 0.1) is 0 Å². The Balaban J connectivity index is 1.96. The van der Waals surface area contributed by atoms with E-state index in [-0.39, 0.29) is 18.3 Å². The Morgan fingerprint density at radius 1 is 1.32 bits per heavy atom. The van der Waals surface area contributed by atoms with Gasteiger partial charge in [0.05, 0.1) is 14.9 Å². The molecule has 4 nitrogen and oxygen atoms in total. The van der Waals surface area contributed by atoms with Crippen LogP contribution in [0.25, 0.3) is 0 Å². The molecular weight excluding hydrogens is 286 g/mol. The Hall–Kier alpha value is -1.85. The van der Waals surface area contributed by atoms with Crippen molar-refractivity contribution < 1.29 is 14.3 Å². The molecule has 0 aliphatic carbocycles. The highest BCUT2D eigenvalue weighted by molar-refractivity contribution is 7.18. The monoisotopic (exact) mass is 293 g/mol. The second-order valence-corrected chi connectivity index (χ2v) is 5.70. The van der Waals surface area contributed by atoms with Gasteiger partial charge in [-0.05, 0) is 30.3 Å². The van der Waals surface area contributed by atoms with Crippen molar-refractivity contribution in [3.8, 4) is 5.75 Å². The molecule has 1 amide bonds. The molecule has 2 aromatic rings. The first-order valence-corrected chi connectivity index (χ1v) is 6.70. The van der Waals surface area contributed by atoms with Gasteiger partial charge in [-0.1, -0.05) is 11.6 Å². The van der Waals surface area contributed by atoms with Crippen LogP contribution in [-0.2, 0) is 4.79 Å². The van der Waals surface area contributed by atoms with Crippen LogP contribution in [0.1, 0.15) is 15.2 Å². The molecule has 0 atom stereocenters. The molecule has 0 fully saturated rings. The zero-order chi connectivity index (χ0) is 13.4. The Morgan fingerprint density at radius 2 is 2.16 bits per heavy atom. The lowest BCUT2D eigenvalue weighted by molar-refractivity contribution is -0.118. The van der Waals surface area contributed by atoms with E-state index in [9.17, 15) is 9.59 Å². The summed E-state index contributed by atoms with van der Waals surface area (Å²) in [6, 6.07) is 8.33. The van der Waals surface area contributed by atoms with E-state index < -0.39 is 0 Å². The molecule has 1 N–H and O–H groups in total. The van der Waals surface area contributed by atoms with Crippen LogP contribution in [0.2, 0.25) is 4.34 Å². The average molecular weight is 294 g/mol. The molecule has 1 aromatic heterocycles. The molecule has 3 rings (SSSR count). The summed E-state index contributed by atoms with van der Waals surface area (Å²) in [7, 11) is 0. The topological polar surface area (TPSA) is 55.4 Å². The minimum Gasteiger partial charge on any atom is -0.482 e. The molecule has 0 radical (unpaired) electrons. The molecule has 0 saturated heterocycles. The van der Waals surface area contributed by atoms with Gasteiger partial charge in [-0.15, -0.1) is 11.3 Å². The van der Waals surface area contributed by atoms with E-state index in [0.29, 0.717) is 26.2 Å². The number of rotatable bonds is 2. The SMILES string of the molecule is O=C1COc2ccc(C(=O)c3ccc(Cl)s3)cc2N1. The van der Waals surface area contributed by atoms with Crippen molar-refractivity contribution in [3.63, 3.8) is 0 Å². The van der Waals surface area contributed by atoms with Gasteiger partial charge >= 0.3 is 0 Å². The minimum atomic E-state index is -0.226. The van der Waals surface area contributed by atoms with Crippen molar-refractivity contribution >= 4 is 40.3 Å². The predicted octanol–water partition coefficient (Wildman–Crippen LogP) is 2.96. The number of carbonyl (C=O) groups excluding carboxylic acids is 2. The lowest BCUT2D eigenvalue weighted by atomic mass is 10.1. The lowest BCUT2D eigenvalue weighted by Gasteiger charge is -2.18.